The summed E-state index contributed by atoms with van der Waals surface area (Å²) in [5.41, 5.74) is 0.890. The summed E-state index contributed by atoms with van der Waals surface area (Å²) < 4.78 is 32.7. The minimum absolute atomic E-state index is 0.0176. The van der Waals surface area contributed by atoms with Crippen LogP contribution in [0.4, 0.5) is 5.69 Å². The highest BCUT2D eigenvalue weighted by molar-refractivity contribution is 7.89. The summed E-state index contributed by atoms with van der Waals surface area (Å²) in [7, 11) is -3.59. The number of carbonyl (C=O) groups is 1. The minimum atomic E-state index is -3.59. The molecule has 2 N–H and O–H groups in total. The van der Waals surface area contributed by atoms with Gasteiger partial charge in [-0.2, -0.15) is 0 Å². The van der Waals surface area contributed by atoms with Crippen LogP contribution in [0.5, 0.6) is 5.75 Å². The molecular weight excluding hydrogens is 352 g/mol. The molecule has 26 heavy (non-hydrogen) atoms. The number of ether oxygens (including phenoxy) is 1. The van der Waals surface area contributed by atoms with E-state index in [1.165, 1.54) is 12.1 Å². The third kappa shape index (κ3) is 4.83. The van der Waals surface area contributed by atoms with Gasteiger partial charge in [-0.1, -0.05) is 6.07 Å². The molecule has 7 heteroatoms. The van der Waals surface area contributed by atoms with Gasteiger partial charge in [-0.25, -0.2) is 13.1 Å². The highest BCUT2D eigenvalue weighted by Crippen LogP contribution is 2.23. The second-order valence-electron chi connectivity index (χ2n) is 6.57. The fourth-order valence-corrected chi connectivity index (χ4v) is 3.74. The van der Waals surface area contributed by atoms with E-state index in [9.17, 15) is 13.2 Å². The Morgan fingerprint density at radius 1 is 1.12 bits per heavy atom. The quantitative estimate of drug-likeness (QED) is 0.780. The Kier molecular flexibility index (Phi) is 5.29. The van der Waals surface area contributed by atoms with Crippen molar-refractivity contribution in [3.8, 4) is 5.75 Å². The predicted molar refractivity (Wildman–Crippen MR) is 99.9 cm³/mol. The number of benzene rings is 2. The van der Waals surface area contributed by atoms with Crippen molar-refractivity contribution in [2.75, 3.05) is 5.32 Å². The Morgan fingerprint density at radius 2 is 1.81 bits per heavy atom. The lowest BCUT2D eigenvalue weighted by Gasteiger charge is -2.11. The number of rotatable bonds is 7. The molecular formula is C19H22N2O4S. The van der Waals surface area contributed by atoms with Gasteiger partial charge in [0.2, 0.25) is 10.0 Å². The Bertz CT molecular complexity index is 888. The molecule has 0 atom stereocenters. The zero-order valence-electron chi connectivity index (χ0n) is 14.7. The van der Waals surface area contributed by atoms with E-state index in [1.54, 1.807) is 36.4 Å². The van der Waals surface area contributed by atoms with E-state index in [0.717, 1.165) is 18.6 Å². The molecule has 1 aliphatic rings. The SMILES string of the molecule is CC(C)Oc1ccc(NC(=O)c2cccc(S(=O)(=O)NC3CC3)c2)cc1. The Morgan fingerprint density at radius 3 is 2.42 bits per heavy atom. The monoisotopic (exact) mass is 374 g/mol. The van der Waals surface area contributed by atoms with Crippen molar-refractivity contribution in [2.45, 2.75) is 43.7 Å². The molecule has 6 nitrogen and oxygen atoms in total. The van der Waals surface area contributed by atoms with Gasteiger partial charge in [-0.15, -0.1) is 0 Å². The molecule has 2 aromatic carbocycles. The van der Waals surface area contributed by atoms with Crippen molar-refractivity contribution < 1.29 is 17.9 Å². The zero-order chi connectivity index (χ0) is 18.7. The van der Waals surface area contributed by atoms with Crippen LogP contribution in [-0.2, 0) is 10.0 Å². The molecule has 0 heterocycles. The summed E-state index contributed by atoms with van der Waals surface area (Å²) in [4.78, 5) is 12.5. The molecule has 1 fully saturated rings. The van der Waals surface area contributed by atoms with E-state index in [-0.39, 0.29) is 28.5 Å². The lowest BCUT2D eigenvalue weighted by molar-refractivity contribution is 0.102. The normalized spacial score (nSPS) is 14.3. The number of anilines is 1. The standard InChI is InChI=1S/C19H22N2O4S/c1-13(2)25-17-10-8-15(9-11-17)20-19(22)14-4-3-5-18(12-14)26(23,24)21-16-6-7-16/h3-5,8-13,16,21H,6-7H2,1-2H3,(H,20,22). The van der Waals surface area contributed by atoms with Crippen LogP contribution in [0.15, 0.2) is 53.4 Å². The summed E-state index contributed by atoms with van der Waals surface area (Å²) in [5.74, 6) is 0.350. The van der Waals surface area contributed by atoms with Crippen LogP contribution in [0.25, 0.3) is 0 Å². The van der Waals surface area contributed by atoms with E-state index in [0.29, 0.717) is 5.69 Å². The van der Waals surface area contributed by atoms with Crippen molar-refractivity contribution in [1.29, 1.82) is 0 Å². The largest absolute Gasteiger partial charge is 0.491 e. The fourth-order valence-electron chi connectivity index (χ4n) is 2.39. The zero-order valence-corrected chi connectivity index (χ0v) is 15.5. The van der Waals surface area contributed by atoms with Crippen molar-refractivity contribution in [3.05, 3.63) is 54.1 Å². The smallest absolute Gasteiger partial charge is 0.255 e. The molecule has 1 amide bonds. The minimum Gasteiger partial charge on any atom is -0.491 e. The highest BCUT2D eigenvalue weighted by Gasteiger charge is 2.28. The van der Waals surface area contributed by atoms with Gasteiger partial charge in [0.05, 0.1) is 11.0 Å². The lowest BCUT2D eigenvalue weighted by Crippen LogP contribution is -2.26. The maximum atomic E-state index is 12.4. The first kappa shape index (κ1) is 18.4. The van der Waals surface area contributed by atoms with Gasteiger partial charge in [0.25, 0.3) is 5.91 Å². The van der Waals surface area contributed by atoms with Crippen molar-refractivity contribution in [3.63, 3.8) is 0 Å². The van der Waals surface area contributed by atoms with Crippen LogP contribution in [0.1, 0.15) is 37.0 Å². The third-order valence-electron chi connectivity index (χ3n) is 3.79. The molecule has 3 rings (SSSR count). The summed E-state index contributed by atoms with van der Waals surface area (Å²) in [6, 6.07) is 13.1. The molecule has 0 radical (unpaired) electrons. The van der Waals surface area contributed by atoms with Crippen LogP contribution in [0.2, 0.25) is 0 Å². The summed E-state index contributed by atoms with van der Waals surface area (Å²) in [6.07, 6.45) is 1.79. The second-order valence-corrected chi connectivity index (χ2v) is 8.28. The van der Waals surface area contributed by atoms with Gasteiger partial charge in [-0.3, -0.25) is 4.79 Å². The summed E-state index contributed by atoms with van der Waals surface area (Å²) in [6.45, 7) is 3.88. The Labute approximate surface area is 153 Å². The number of hydrogen-bond donors (Lipinski definition) is 2. The predicted octanol–water partition coefficient (Wildman–Crippen LogP) is 3.17. The molecule has 138 valence electrons. The number of nitrogens with one attached hydrogen (secondary N) is 2. The van der Waals surface area contributed by atoms with Crippen LogP contribution >= 0.6 is 0 Å². The molecule has 2 aromatic rings. The lowest BCUT2D eigenvalue weighted by atomic mass is 10.2. The van der Waals surface area contributed by atoms with E-state index in [4.69, 9.17) is 4.74 Å². The van der Waals surface area contributed by atoms with Gasteiger partial charge >= 0.3 is 0 Å². The van der Waals surface area contributed by atoms with Gasteiger partial charge in [0, 0.05) is 17.3 Å². The van der Waals surface area contributed by atoms with E-state index in [1.807, 2.05) is 13.8 Å². The van der Waals surface area contributed by atoms with Crippen molar-refractivity contribution >= 4 is 21.6 Å². The first-order chi connectivity index (χ1) is 12.3. The molecule has 1 saturated carbocycles. The van der Waals surface area contributed by atoms with Crippen molar-refractivity contribution in [2.24, 2.45) is 0 Å². The summed E-state index contributed by atoms with van der Waals surface area (Å²) >= 11 is 0. The summed E-state index contributed by atoms with van der Waals surface area (Å²) in [5, 5.41) is 2.76. The van der Waals surface area contributed by atoms with Crippen molar-refractivity contribution in [1.82, 2.24) is 4.72 Å². The van der Waals surface area contributed by atoms with Crippen LogP contribution < -0.4 is 14.8 Å². The fraction of sp³-hybridized carbons (Fsp3) is 0.316. The molecule has 0 bridgehead atoms. The number of amides is 1. The van der Waals surface area contributed by atoms with E-state index in [2.05, 4.69) is 10.0 Å². The van der Waals surface area contributed by atoms with Crippen LogP contribution in [0, 0.1) is 0 Å². The average molecular weight is 374 g/mol. The van der Waals surface area contributed by atoms with Gasteiger partial charge in [0.1, 0.15) is 5.75 Å². The van der Waals surface area contributed by atoms with Crippen LogP contribution in [0.3, 0.4) is 0 Å². The molecule has 0 aliphatic heterocycles. The Hall–Kier alpha value is -2.38. The molecule has 0 aromatic heterocycles. The third-order valence-corrected chi connectivity index (χ3v) is 5.31. The number of hydrogen-bond acceptors (Lipinski definition) is 4. The first-order valence-electron chi connectivity index (χ1n) is 8.54. The van der Waals surface area contributed by atoms with E-state index >= 15 is 0 Å². The van der Waals surface area contributed by atoms with E-state index < -0.39 is 10.0 Å². The van der Waals surface area contributed by atoms with Gasteiger partial charge < -0.3 is 10.1 Å². The number of carbonyl (C=O) groups excluding carboxylic acids is 1. The van der Waals surface area contributed by atoms with Gasteiger partial charge in [0.15, 0.2) is 0 Å². The molecule has 0 spiro atoms. The first-order valence-corrected chi connectivity index (χ1v) is 10.0. The molecule has 0 unspecified atom stereocenters. The molecule has 0 saturated heterocycles. The average Bonchev–Trinajstić information content (AvgIpc) is 3.39. The second kappa shape index (κ2) is 7.47. The maximum absolute atomic E-state index is 12.4. The maximum Gasteiger partial charge on any atom is 0.255 e. The highest BCUT2D eigenvalue weighted by atomic mass is 32.2. The van der Waals surface area contributed by atoms with Gasteiger partial charge in [-0.05, 0) is 69.2 Å². The van der Waals surface area contributed by atoms with Crippen LogP contribution in [-0.4, -0.2) is 26.5 Å². The Balaban J connectivity index is 1.70. The number of sulfonamides is 1. The molecule has 1 aliphatic carbocycles. The topological polar surface area (TPSA) is 84.5 Å².